The minimum Gasteiger partial charge on any atom is -0.0784 e. The third-order valence-corrected chi connectivity index (χ3v) is 1.93. The Kier molecular flexibility index (Phi) is 5.89. The summed E-state index contributed by atoms with van der Waals surface area (Å²) in [6.45, 7) is 4.15. The summed E-state index contributed by atoms with van der Waals surface area (Å²) in [6.07, 6.45) is 6.23. The van der Waals surface area contributed by atoms with E-state index in [9.17, 15) is 0 Å². The fourth-order valence-corrected chi connectivity index (χ4v) is 0.681. The second-order valence-electron chi connectivity index (χ2n) is 1.71. The number of hydrogen-bond acceptors (Lipinski definition) is 0. The van der Waals surface area contributed by atoms with Crippen LogP contribution in [0.15, 0.2) is 22.7 Å². The van der Waals surface area contributed by atoms with Gasteiger partial charge in [0.1, 0.15) is 0 Å². The van der Waals surface area contributed by atoms with Crippen molar-refractivity contribution in [2.24, 2.45) is 0 Å². The Morgan fingerprint density at radius 3 is 2.56 bits per heavy atom. The van der Waals surface area contributed by atoms with E-state index in [0.717, 1.165) is 4.48 Å². The molecule has 0 fully saturated rings. The van der Waals surface area contributed by atoms with E-state index in [1.807, 2.05) is 13.0 Å². The minimum absolute atomic E-state index is 0.607. The van der Waals surface area contributed by atoms with Crippen molar-refractivity contribution in [1.29, 1.82) is 0 Å². The fourth-order valence-electron chi connectivity index (χ4n) is 0.321. The molecule has 1 unspecified atom stereocenters. The van der Waals surface area contributed by atoms with Gasteiger partial charge in [-0.2, -0.15) is 0 Å². The lowest BCUT2D eigenvalue weighted by Gasteiger charge is -1.89. The van der Waals surface area contributed by atoms with E-state index in [1.165, 1.54) is 0 Å². The SMILES string of the molecule is C/C=C(Br)\C=C/C(C)I. The Bertz CT molecular complexity index is 125. The number of halogens is 2. The molecule has 2 heteroatoms. The summed E-state index contributed by atoms with van der Waals surface area (Å²) in [7, 11) is 0. The van der Waals surface area contributed by atoms with Crippen LogP contribution in [0.4, 0.5) is 0 Å². The zero-order valence-electron chi connectivity index (χ0n) is 5.57. The highest BCUT2D eigenvalue weighted by molar-refractivity contribution is 14.1. The van der Waals surface area contributed by atoms with Gasteiger partial charge >= 0.3 is 0 Å². The molecule has 0 radical (unpaired) electrons. The van der Waals surface area contributed by atoms with Crippen molar-refractivity contribution >= 4 is 38.5 Å². The van der Waals surface area contributed by atoms with Crippen molar-refractivity contribution in [2.45, 2.75) is 17.8 Å². The second kappa shape index (κ2) is 5.47. The van der Waals surface area contributed by atoms with Gasteiger partial charge in [0.2, 0.25) is 0 Å². The Labute approximate surface area is 78.7 Å². The standard InChI is InChI=1S/C7H10BrI/c1-3-7(8)5-4-6(2)9/h3-6H,1-2H3/b5-4-,7-3+. The molecule has 0 amide bonds. The minimum atomic E-state index is 0.607. The molecule has 9 heavy (non-hydrogen) atoms. The zero-order chi connectivity index (χ0) is 7.28. The number of rotatable bonds is 2. The molecule has 0 saturated heterocycles. The van der Waals surface area contributed by atoms with Gasteiger partial charge in [-0.3, -0.25) is 0 Å². The van der Waals surface area contributed by atoms with E-state index in [-0.39, 0.29) is 0 Å². The van der Waals surface area contributed by atoms with Crippen LogP contribution in [-0.4, -0.2) is 3.92 Å². The van der Waals surface area contributed by atoms with Gasteiger partial charge in [-0.15, -0.1) is 0 Å². The third-order valence-electron chi connectivity index (χ3n) is 0.796. The van der Waals surface area contributed by atoms with Gasteiger partial charge in [0.15, 0.2) is 0 Å². The third kappa shape index (κ3) is 6.58. The normalized spacial score (nSPS) is 16.7. The van der Waals surface area contributed by atoms with Crippen LogP contribution in [0.25, 0.3) is 0 Å². The summed E-state index contributed by atoms with van der Waals surface area (Å²) in [4.78, 5) is 0. The molecule has 0 aromatic heterocycles. The number of alkyl halides is 1. The Morgan fingerprint density at radius 2 is 2.22 bits per heavy atom. The maximum absolute atomic E-state index is 3.38. The van der Waals surface area contributed by atoms with Crippen molar-refractivity contribution in [3.05, 3.63) is 22.7 Å². The van der Waals surface area contributed by atoms with Gasteiger partial charge in [0.05, 0.1) is 0 Å². The van der Waals surface area contributed by atoms with E-state index in [2.05, 4.69) is 57.6 Å². The van der Waals surface area contributed by atoms with E-state index >= 15 is 0 Å². The first-order valence-electron chi connectivity index (χ1n) is 2.81. The molecule has 0 aliphatic rings. The first kappa shape index (κ1) is 9.69. The van der Waals surface area contributed by atoms with Crippen molar-refractivity contribution in [1.82, 2.24) is 0 Å². The van der Waals surface area contributed by atoms with E-state index in [4.69, 9.17) is 0 Å². The first-order valence-corrected chi connectivity index (χ1v) is 4.84. The van der Waals surface area contributed by atoms with Crippen LogP contribution in [0, 0.1) is 0 Å². The van der Waals surface area contributed by atoms with Gasteiger partial charge < -0.3 is 0 Å². The molecule has 0 rings (SSSR count). The number of allylic oxidation sites excluding steroid dienone is 4. The zero-order valence-corrected chi connectivity index (χ0v) is 9.31. The lowest BCUT2D eigenvalue weighted by atomic mass is 10.4. The lowest BCUT2D eigenvalue weighted by Crippen LogP contribution is -1.78. The topological polar surface area (TPSA) is 0 Å². The summed E-state index contributed by atoms with van der Waals surface area (Å²) in [6, 6.07) is 0. The van der Waals surface area contributed by atoms with Crippen molar-refractivity contribution in [3.8, 4) is 0 Å². The number of hydrogen-bond donors (Lipinski definition) is 0. The summed E-state index contributed by atoms with van der Waals surface area (Å²) < 4.78 is 1.75. The van der Waals surface area contributed by atoms with Crippen molar-refractivity contribution in [3.63, 3.8) is 0 Å². The molecule has 0 aliphatic heterocycles. The molecule has 0 bridgehead atoms. The Hall–Kier alpha value is 0.690. The molecule has 0 aromatic rings. The van der Waals surface area contributed by atoms with Crippen LogP contribution < -0.4 is 0 Å². The maximum atomic E-state index is 3.38. The molecular weight excluding hydrogens is 291 g/mol. The van der Waals surface area contributed by atoms with Crippen LogP contribution in [0.5, 0.6) is 0 Å². The summed E-state index contributed by atoms with van der Waals surface area (Å²) in [5, 5.41) is 0. The Balaban J connectivity index is 3.71. The highest BCUT2D eigenvalue weighted by Crippen LogP contribution is 2.08. The summed E-state index contributed by atoms with van der Waals surface area (Å²) in [5.74, 6) is 0. The molecule has 0 N–H and O–H groups in total. The quantitative estimate of drug-likeness (QED) is 0.415. The second-order valence-corrected chi connectivity index (χ2v) is 4.59. The van der Waals surface area contributed by atoms with Gasteiger partial charge in [-0.25, -0.2) is 0 Å². The van der Waals surface area contributed by atoms with E-state index in [1.54, 1.807) is 0 Å². The van der Waals surface area contributed by atoms with Crippen LogP contribution in [0.3, 0.4) is 0 Å². The summed E-state index contributed by atoms with van der Waals surface area (Å²) >= 11 is 5.73. The maximum Gasteiger partial charge on any atom is 0.0264 e. The van der Waals surface area contributed by atoms with E-state index < -0.39 is 0 Å². The average Bonchev–Trinajstić information content (AvgIpc) is 1.83. The highest BCUT2D eigenvalue weighted by Gasteiger charge is 1.85. The predicted octanol–water partition coefficient (Wildman–Crippen LogP) is 3.66. The lowest BCUT2D eigenvalue weighted by molar-refractivity contribution is 1.30. The van der Waals surface area contributed by atoms with Gasteiger partial charge in [0, 0.05) is 8.41 Å². The van der Waals surface area contributed by atoms with Gasteiger partial charge in [-0.1, -0.05) is 56.7 Å². The average molecular weight is 301 g/mol. The molecule has 0 saturated carbocycles. The molecule has 0 nitrogen and oxygen atoms in total. The fraction of sp³-hybridized carbons (Fsp3) is 0.429. The molecule has 0 spiro atoms. The molecule has 1 atom stereocenters. The monoisotopic (exact) mass is 300 g/mol. The van der Waals surface area contributed by atoms with Gasteiger partial charge in [-0.05, 0) is 13.8 Å². The molecule has 0 aromatic carbocycles. The predicted molar refractivity (Wildman–Crippen MR) is 55.3 cm³/mol. The van der Waals surface area contributed by atoms with Crippen LogP contribution in [0.2, 0.25) is 0 Å². The van der Waals surface area contributed by atoms with Crippen molar-refractivity contribution < 1.29 is 0 Å². The molecule has 0 aliphatic carbocycles. The smallest absolute Gasteiger partial charge is 0.0264 e. The first-order chi connectivity index (χ1) is 4.16. The molecular formula is C7H10BrI. The Morgan fingerprint density at radius 1 is 1.67 bits per heavy atom. The van der Waals surface area contributed by atoms with Gasteiger partial charge in [0.25, 0.3) is 0 Å². The molecule has 0 heterocycles. The molecule has 52 valence electrons. The van der Waals surface area contributed by atoms with E-state index in [0.29, 0.717) is 3.92 Å². The van der Waals surface area contributed by atoms with Crippen LogP contribution >= 0.6 is 38.5 Å². The van der Waals surface area contributed by atoms with Crippen molar-refractivity contribution in [2.75, 3.05) is 0 Å². The summed E-state index contributed by atoms with van der Waals surface area (Å²) in [5.41, 5.74) is 0. The van der Waals surface area contributed by atoms with Crippen LogP contribution in [-0.2, 0) is 0 Å². The largest absolute Gasteiger partial charge is 0.0784 e. The highest BCUT2D eigenvalue weighted by atomic mass is 127. The van der Waals surface area contributed by atoms with Crippen LogP contribution in [0.1, 0.15) is 13.8 Å².